The SMILES string of the molecule is CCCCCCC(C=Nc1ccccc1)=Nc1ccccc1.[Pd]. The number of rotatable bonds is 8. The zero-order chi connectivity index (χ0) is 15.5. The van der Waals surface area contributed by atoms with Crippen LogP contribution in [0.15, 0.2) is 70.6 Å². The van der Waals surface area contributed by atoms with Gasteiger partial charge in [-0.1, -0.05) is 62.6 Å². The van der Waals surface area contributed by atoms with Crippen molar-refractivity contribution in [1.82, 2.24) is 0 Å². The summed E-state index contributed by atoms with van der Waals surface area (Å²) in [6, 6.07) is 20.1. The minimum Gasteiger partial charge on any atom is -0.255 e. The standard InChI is InChI=1S/C20H24N2.Pd/c1-2-3-4-7-16-20(22-19-14-10-6-11-15-19)17-21-18-12-8-5-9-13-18;/h5-6,8-15,17H,2-4,7,16H2,1H3;. The largest absolute Gasteiger partial charge is 0.255 e. The van der Waals surface area contributed by atoms with E-state index in [1.165, 1.54) is 25.7 Å². The number of aliphatic imine (C=N–C) groups is 2. The summed E-state index contributed by atoms with van der Waals surface area (Å²) in [7, 11) is 0. The van der Waals surface area contributed by atoms with Crippen LogP contribution in [0.1, 0.15) is 39.0 Å². The Labute approximate surface area is 153 Å². The molecule has 0 aliphatic carbocycles. The molecule has 0 heterocycles. The van der Waals surface area contributed by atoms with Crippen molar-refractivity contribution in [3.63, 3.8) is 0 Å². The maximum absolute atomic E-state index is 4.74. The maximum Gasteiger partial charge on any atom is 0.0633 e. The van der Waals surface area contributed by atoms with Gasteiger partial charge in [-0.2, -0.15) is 0 Å². The number of hydrogen-bond acceptors (Lipinski definition) is 2. The van der Waals surface area contributed by atoms with E-state index in [2.05, 4.69) is 11.9 Å². The molecule has 0 amide bonds. The number of nitrogens with zero attached hydrogens (tertiary/aromatic N) is 2. The van der Waals surface area contributed by atoms with Gasteiger partial charge in [0.25, 0.3) is 0 Å². The molecule has 0 saturated heterocycles. The predicted octanol–water partition coefficient (Wildman–Crippen LogP) is 6.13. The molecule has 23 heavy (non-hydrogen) atoms. The molecule has 0 bridgehead atoms. The Hall–Kier alpha value is -1.56. The fourth-order valence-corrected chi connectivity index (χ4v) is 2.21. The molecule has 124 valence electrons. The summed E-state index contributed by atoms with van der Waals surface area (Å²) in [6.07, 6.45) is 7.85. The van der Waals surface area contributed by atoms with Crippen molar-refractivity contribution >= 4 is 23.3 Å². The molecule has 3 heteroatoms. The molecular weight excluding hydrogens is 375 g/mol. The van der Waals surface area contributed by atoms with Gasteiger partial charge in [0, 0.05) is 26.6 Å². The normalized spacial score (nSPS) is 11.4. The molecule has 0 saturated carbocycles. The van der Waals surface area contributed by atoms with E-state index < -0.39 is 0 Å². The summed E-state index contributed by atoms with van der Waals surface area (Å²) in [6.45, 7) is 2.23. The molecule has 0 aliphatic heterocycles. The summed E-state index contributed by atoms with van der Waals surface area (Å²) in [5.74, 6) is 0. The zero-order valence-corrected chi connectivity index (χ0v) is 15.2. The fourth-order valence-electron chi connectivity index (χ4n) is 2.21. The Morgan fingerprint density at radius 3 is 2.04 bits per heavy atom. The molecule has 2 aromatic rings. The predicted molar refractivity (Wildman–Crippen MR) is 96.9 cm³/mol. The van der Waals surface area contributed by atoms with Gasteiger partial charge < -0.3 is 0 Å². The minimum absolute atomic E-state index is 0. The molecule has 0 aliphatic rings. The van der Waals surface area contributed by atoms with Crippen molar-refractivity contribution in [2.24, 2.45) is 9.98 Å². The smallest absolute Gasteiger partial charge is 0.0633 e. The van der Waals surface area contributed by atoms with Gasteiger partial charge in [0.05, 0.1) is 17.1 Å². The van der Waals surface area contributed by atoms with Crippen molar-refractivity contribution in [2.45, 2.75) is 39.0 Å². The van der Waals surface area contributed by atoms with Gasteiger partial charge in [-0.15, -0.1) is 0 Å². The van der Waals surface area contributed by atoms with E-state index in [0.29, 0.717) is 0 Å². The Morgan fingerprint density at radius 1 is 0.826 bits per heavy atom. The Balaban J connectivity index is 0.00000264. The first-order valence-corrected chi connectivity index (χ1v) is 8.10. The molecule has 2 rings (SSSR count). The summed E-state index contributed by atoms with van der Waals surface area (Å²) in [5, 5.41) is 0. The molecule has 0 unspecified atom stereocenters. The number of benzene rings is 2. The van der Waals surface area contributed by atoms with Gasteiger partial charge in [0.15, 0.2) is 0 Å². The second kappa shape index (κ2) is 11.9. The molecule has 2 aromatic carbocycles. The van der Waals surface area contributed by atoms with Crippen molar-refractivity contribution in [3.05, 3.63) is 60.7 Å². The van der Waals surface area contributed by atoms with Crippen molar-refractivity contribution < 1.29 is 20.4 Å². The van der Waals surface area contributed by atoms with Gasteiger partial charge in [-0.05, 0) is 37.1 Å². The average molecular weight is 399 g/mol. The van der Waals surface area contributed by atoms with Crippen LogP contribution in [0.3, 0.4) is 0 Å². The molecule has 2 nitrogen and oxygen atoms in total. The van der Waals surface area contributed by atoms with Crippen LogP contribution >= 0.6 is 0 Å². The van der Waals surface area contributed by atoms with E-state index in [-0.39, 0.29) is 20.4 Å². The molecule has 0 aromatic heterocycles. The van der Waals surface area contributed by atoms with E-state index in [0.717, 1.165) is 23.5 Å². The van der Waals surface area contributed by atoms with E-state index in [9.17, 15) is 0 Å². The summed E-state index contributed by atoms with van der Waals surface area (Å²) < 4.78 is 0. The third-order valence-corrected chi connectivity index (χ3v) is 3.43. The molecular formula is C20H24N2Pd. The van der Waals surface area contributed by atoms with Crippen LogP contribution in [0.2, 0.25) is 0 Å². The van der Waals surface area contributed by atoms with Crippen LogP contribution in [-0.2, 0) is 20.4 Å². The molecule has 0 spiro atoms. The van der Waals surface area contributed by atoms with Crippen molar-refractivity contribution in [1.29, 1.82) is 0 Å². The van der Waals surface area contributed by atoms with Gasteiger partial charge >= 0.3 is 0 Å². The number of para-hydroxylation sites is 2. The second-order valence-electron chi connectivity index (χ2n) is 5.34. The fraction of sp³-hybridized carbons (Fsp3) is 0.300. The van der Waals surface area contributed by atoms with Gasteiger partial charge in [-0.25, -0.2) is 0 Å². The molecule has 0 atom stereocenters. The molecule has 0 N–H and O–H groups in total. The van der Waals surface area contributed by atoms with Gasteiger partial charge in [-0.3, -0.25) is 9.98 Å². The zero-order valence-electron chi connectivity index (χ0n) is 13.6. The number of hydrogen-bond donors (Lipinski definition) is 0. The number of unbranched alkanes of at least 4 members (excludes halogenated alkanes) is 3. The van der Waals surface area contributed by atoms with Crippen molar-refractivity contribution in [3.8, 4) is 0 Å². The first kappa shape index (κ1) is 19.5. The Morgan fingerprint density at radius 2 is 1.43 bits per heavy atom. The topological polar surface area (TPSA) is 24.7 Å². The summed E-state index contributed by atoms with van der Waals surface area (Å²) in [4.78, 5) is 9.28. The summed E-state index contributed by atoms with van der Waals surface area (Å²) in [5.41, 5.74) is 3.01. The van der Waals surface area contributed by atoms with Crippen LogP contribution in [0.4, 0.5) is 11.4 Å². The molecule has 0 radical (unpaired) electrons. The monoisotopic (exact) mass is 398 g/mol. The van der Waals surface area contributed by atoms with Gasteiger partial charge in [0.2, 0.25) is 0 Å². The average Bonchev–Trinajstić information content (AvgIpc) is 2.58. The van der Waals surface area contributed by atoms with Gasteiger partial charge in [0.1, 0.15) is 0 Å². The van der Waals surface area contributed by atoms with E-state index in [1.807, 2.05) is 66.9 Å². The van der Waals surface area contributed by atoms with E-state index >= 15 is 0 Å². The van der Waals surface area contributed by atoms with Crippen LogP contribution < -0.4 is 0 Å². The van der Waals surface area contributed by atoms with Crippen LogP contribution in [0, 0.1) is 0 Å². The third-order valence-electron chi connectivity index (χ3n) is 3.43. The summed E-state index contributed by atoms with van der Waals surface area (Å²) >= 11 is 0. The first-order valence-electron chi connectivity index (χ1n) is 8.10. The van der Waals surface area contributed by atoms with E-state index in [4.69, 9.17) is 4.99 Å². The van der Waals surface area contributed by atoms with Crippen LogP contribution in [0.5, 0.6) is 0 Å². The second-order valence-corrected chi connectivity index (χ2v) is 5.34. The third kappa shape index (κ3) is 8.02. The van der Waals surface area contributed by atoms with Crippen LogP contribution in [0.25, 0.3) is 0 Å². The first-order chi connectivity index (χ1) is 10.9. The van der Waals surface area contributed by atoms with E-state index in [1.54, 1.807) is 0 Å². The van der Waals surface area contributed by atoms with Crippen LogP contribution in [-0.4, -0.2) is 11.9 Å². The Bertz CT molecular complexity index is 592. The quantitative estimate of drug-likeness (QED) is 0.290. The molecule has 0 fully saturated rings. The minimum atomic E-state index is 0. The Kier molecular flexibility index (Phi) is 10.1. The maximum atomic E-state index is 4.74. The van der Waals surface area contributed by atoms with Crippen molar-refractivity contribution in [2.75, 3.05) is 0 Å².